The number of carbonyl (C=O) groups is 1. The SMILES string of the molecule is COc1cccc([C@H]2C[C@H](C(F)(F)F)n3ncc(C(=O)NC(C)(C)C)c3N2)c1. The Balaban J connectivity index is 2.02. The lowest BCUT2D eigenvalue weighted by Crippen LogP contribution is -2.41. The summed E-state index contributed by atoms with van der Waals surface area (Å²) in [7, 11) is 1.50. The zero-order valence-electron chi connectivity index (χ0n) is 16.1. The average Bonchev–Trinajstić information content (AvgIpc) is 3.02. The molecule has 0 fully saturated rings. The number of methoxy groups -OCH3 is 1. The van der Waals surface area contributed by atoms with E-state index in [2.05, 4.69) is 15.7 Å². The molecule has 0 unspecified atom stereocenters. The monoisotopic (exact) mass is 396 g/mol. The van der Waals surface area contributed by atoms with Crippen LogP contribution in [0.25, 0.3) is 0 Å². The normalized spacial score (nSPS) is 19.5. The number of hydrogen-bond acceptors (Lipinski definition) is 4. The highest BCUT2D eigenvalue weighted by Gasteiger charge is 2.47. The molecule has 0 spiro atoms. The summed E-state index contributed by atoms with van der Waals surface area (Å²) in [5, 5.41) is 9.70. The second-order valence-corrected chi connectivity index (χ2v) is 7.82. The number of nitrogens with zero attached hydrogens (tertiary/aromatic N) is 2. The zero-order chi connectivity index (χ0) is 20.7. The number of rotatable bonds is 3. The number of hydrogen-bond donors (Lipinski definition) is 2. The van der Waals surface area contributed by atoms with E-state index in [1.54, 1.807) is 45.0 Å². The van der Waals surface area contributed by atoms with Gasteiger partial charge in [-0.3, -0.25) is 4.79 Å². The maximum atomic E-state index is 13.7. The first-order chi connectivity index (χ1) is 13.0. The van der Waals surface area contributed by atoms with Crippen LogP contribution in [0.1, 0.15) is 55.2 Å². The second-order valence-electron chi connectivity index (χ2n) is 7.82. The summed E-state index contributed by atoms with van der Waals surface area (Å²) >= 11 is 0. The maximum Gasteiger partial charge on any atom is 0.410 e. The summed E-state index contributed by atoms with van der Waals surface area (Å²) in [4.78, 5) is 12.6. The van der Waals surface area contributed by atoms with Crippen molar-refractivity contribution in [1.82, 2.24) is 15.1 Å². The predicted octanol–water partition coefficient (Wildman–Crippen LogP) is 4.08. The molecular formula is C19H23F3N4O2. The highest BCUT2D eigenvalue weighted by molar-refractivity contribution is 5.99. The third-order valence-electron chi connectivity index (χ3n) is 4.47. The Morgan fingerprint density at radius 2 is 2.04 bits per heavy atom. The molecule has 1 amide bonds. The molecule has 9 heteroatoms. The first kappa shape index (κ1) is 20.0. The molecular weight excluding hydrogens is 373 g/mol. The summed E-state index contributed by atoms with van der Waals surface area (Å²) < 4.78 is 47.2. The fourth-order valence-electron chi connectivity index (χ4n) is 3.21. The smallest absolute Gasteiger partial charge is 0.410 e. The highest BCUT2D eigenvalue weighted by atomic mass is 19.4. The minimum absolute atomic E-state index is 0.0585. The van der Waals surface area contributed by atoms with Crippen LogP contribution in [-0.4, -0.2) is 34.5 Å². The molecule has 6 nitrogen and oxygen atoms in total. The molecule has 1 aromatic heterocycles. The molecule has 2 atom stereocenters. The molecule has 0 radical (unpaired) electrons. The van der Waals surface area contributed by atoms with Gasteiger partial charge in [0.2, 0.25) is 0 Å². The number of fused-ring (bicyclic) bond motifs is 1. The summed E-state index contributed by atoms with van der Waals surface area (Å²) in [5.74, 6) is 0.129. The zero-order valence-corrected chi connectivity index (χ0v) is 16.1. The van der Waals surface area contributed by atoms with Crippen molar-refractivity contribution < 1.29 is 22.7 Å². The Hall–Kier alpha value is -2.71. The van der Waals surface area contributed by atoms with Crippen LogP contribution in [0.5, 0.6) is 5.75 Å². The number of carbonyl (C=O) groups excluding carboxylic acids is 1. The van der Waals surface area contributed by atoms with E-state index in [9.17, 15) is 18.0 Å². The molecule has 0 saturated heterocycles. The number of halogens is 3. The molecule has 152 valence electrons. The highest BCUT2D eigenvalue weighted by Crippen LogP contribution is 2.44. The van der Waals surface area contributed by atoms with Gasteiger partial charge < -0.3 is 15.4 Å². The molecule has 0 aliphatic carbocycles. The fraction of sp³-hybridized carbons (Fsp3) is 0.474. The van der Waals surface area contributed by atoms with Crippen molar-refractivity contribution in [2.45, 2.75) is 51.0 Å². The number of amides is 1. The molecule has 28 heavy (non-hydrogen) atoms. The number of benzene rings is 1. The lowest BCUT2D eigenvalue weighted by atomic mass is 9.96. The van der Waals surface area contributed by atoms with E-state index in [1.165, 1.54) is 13.3 Å². The van der Waals surface area contributed by atoms with Crippen molar-refractivity contribution in [2.75, 3.05) is 12.4 Å². The van der Waals surface area contributed by atoms with Crippen molar-refractivity contribution in [3.63, 3.8) is 0 Å². The number of aromatic nitrogens is 2. The van der Waals surface area contributed by atoms with Crippen LogP contribution in [-0.2, 0) is 0 Å². The first-order valence-electron chi connectivity index (χ1n) is 8.87. The van der Waals surface area contributed by atoms with Crippen molar-refractivity contribution in [3.05, 3.63) is 41.6 Å². The van der Waals surface area contributed by atoms with Gasteiger partial charge in [-0.2, -0.15) is 18.3 Å². The summed E-state index contributed by atoms with van der Waals surface area (Å²) in [6.45, 7) is 5.39. The second kappa shape index (κ2) is 7.03. The lowest BCUT2D eigenvalue weighted by molar-refractivity contribution is -0.173. The predicted molar refractivity (Wildman–Crippen MR) is 98.5 cm³/mol. The molecule has 3 rings (SSSR count). The van der Waals surface area contributed by atoms with Gasteiger partial charge in [0, 0.05) is 12.0 Å². The summed E-state index contributed by atoms with van der Waals surface area (Å²) in [6.07, 6.45) is -3.57. The van der Waals surface area contributed by atoms with E-state index in [0.29, 0.717) is 11.3 Å². The number of anilines is 1. The minimum Gasteiger partial charge on any atom is -0.497 e. The van der Waals surface area contributed by atoms with E-state index in [1.807, 2.05) is 0 Å². The van der Waals surface area contributed by atoms with Crippen molar-refractivity contribution in [1.29, 1.82) is 0 Å². The van der Waals surface area contributed by atoms with Gasteiger partial charge in [-0.15, -0.1) is 0 Å². The molecule has 2 aromatic rings. The van der Waals surface area contributed by atoms with Gasteiger partial charge in [0.05, 0.1) is 19.3 Å². The van der Waals surface area contributed by atoms with Gasteiger partial charge in [0.1, 0.15) is 17.1 Å². The quantitative estimate of drug-likeness (QED) is 0.820. The molecule has 0 saturated carbocycles. The van der Waals surface area contributed by atoms with Crippen molar-refractivity contribution in [3.8, 4) is 5.75 Å². The van der Waals surface area contributed by atoms with Gasteiger partial charge in [-0.05, 0) is 38.5 Å². The third-order valence-corrected chi connectivity index (χ3v) is 4.47. The molecule has 2 N–H and O–H groups in total. The summed E-state index contributed by atoms with van der Waals surface area (Å²) in [5.41, 5.74) is 0.191. The Bertz CT molecular complexity index is 871. The molecule has 0 bridgehead atoms. The Morgan fingerprint density at radius 3 is 2.64 bits per heavy atom. The van der Waals surface area contributed by atoms with Gasteiger partial charge in [0.15, 0.2) is 6.04 Å². The molecule has 1 aliphatic rings. The van der Waals surface area contributed by atoms with Crippen LogP contribution in [0.2, 0.25) is 0 Å². The molecule has 2 heterocycles. The van der Waals surface area contributed by atoms with Crippen molar-refractivity contribution >= 4 is 11.7 Å². The van der Waals surface area contributed by atoms with Crippen LogP contribution in [0.4, 0.5) is 19.0 Å². The standard InChI is InChI=1S/C19H23F3N4O2/c1-18(2,3)25-17(27)13-10-23-26-15(19(20,21)22)9-14(24-16(13)26)11-6-5-7-12(8-11)28-4/h5-8,10,14-15,24H,9H2,1-4H3,(H,25,27)/t14-,15-/m1/s1. The lowest BCUT2D eigenvalue weighted by Gasteiger charge is -2.34. The minimum atomic E-state index is -4.50. The van der Waals surface area contributed by atoms with Crippen LogP contribution >= 0.6 is 0 Å². The maximum absolute atomic E-state index is 13.7. The van der Waals surface area contributed by atoms with Crippen LogP contribution in [0.3, 0.4) is 0 Å². The first-order valence-corrected chi connectivity index (χ1v) is 8.87. The van der Waals surface area contributed by atoms with Gasteiger partial charge in [-0.1, -0.05) is 12.1 Å². The molecule has 1 aromatic carbocycles. The van der Waals surface area contributed by atoms with E-state index in [0.717, 1.165) is 4.68 Å². The fourth-order valence-corrected chi connectivity index (χ4v) is 3.21. The van der Waals surface area contributed by atoms with Crippen LogP contribution < -0.4 is 15.4 Å². The van der Waals surface area contributed by atoms with Crippen LogP contribution in [0, 0.1) is 0 Å². The number of ether oxygens (including phenoxy) is 1. The van der Waals surface area contributed by atoms with Crippen LogP contribution in [0.15, 0.2) is 30.5 Å². The Kier molecular flexibility index (Phi) is 5.03. The van der Waals surface area contributed by atoms with Crippen molar-refractivity contribution in [2.24, 2.45) is 0 Å². The molecule has 1 aliphatic heterocycles. The Labute approximate surface area is 161 Å². The van der Waals surface area contributed by atoms with E-state index >= 15 is 0 Å². The largest absolute Gasteiger partial charge is 0.497 e. The average molecular weight is 396 g/mol. The number of nitrogens with one attached hydrogen (secondary N) is 2. The summed E-state index contributed by atoms with van der Waals surface area (Å²) in [6, 6.07) is 4.38. The number of alkyl halides is 3. The topological polar surface area (TPSA) is 68.2 Å². The Morgan fingerprint density at radius 1 is 1.32 bits per heavy atom. The van der Waals surface area contributed by atoms with Gasteiger partial charge in [0.25, 0.3) is 5.91 Å². The van der Waals surface area contributed by atoms with E-state index in [4.69, 9.17) is 4.74 Å². The van der Waals surface area contributed by atoms with E-state index < -0.39 is 29.7 Å². The van der Waals surface area contributed by atoms with Gasteiger partial charge >= 0.3 is 6.18 Å². The van der Waals surface area contributed by atoms with Gasteiger partial charge in [-0.25, -0.2) is 4.68 Å². The third kappa shape index (κ3) is 4.07. The van der Waals surface area contributed by atoms with E-state index in [-0.39, 0.29) is 17.8 Å².